The first kappa shape index (κ1) is 20.1. The summed E-state index contributed by atoms with van der Waals surface area (Å²) in [5.41, 5.74) is 0.766. The predicted octanol–water partition coefficient (Wildman–Crippen LogP) is 2.81. The Hall–Kier alpha value is -3.69. The molecule has 1 aliphatic heterocycles. The summed E-state index contributed by atoms with van der Waals surface area (Å²) in [5.74, 6) is -3.53. The predicted molar refractivity (Wildman–Crippen MR) is 96.2 cm³/mol. The SMILES string of the molecule is O=C(CCN1C(=O)c2ccccc2C1=O)Nc1ccc(NC(=O)C(F)(F)F)cc1. The van der Waals surface area contributed by atoms with Gasteiger partial charge in [-0.05, 0) is 36.4 Å². The van der Waals surface area contributed by atoms with Crippen LogP contribution >= 0.6 is 0 Å². The lowest BCUT2D eigenvalue weighted by molar-refractivity contribution is -0.167. The minimum absolute atomic E-state index is 0.0867. The zero-order chi connectivity index (χ0) is 21.2. The quantitative estimate of drug-likeness (QED) is 0.748. The molecule has 1 aliphatic rings. The van der Waals surface area contributed by atoms with E-state index in [0.717, 1.165) is 4.90 Å². The lowest BCUT2D eigenvalue weighted by atomic mass is 10.1. The molecule has 1 heterocycles. The fraction of sp³-hybridized carbons (Fsp3) is 0.158. The maximum atomic E-state index is 12.2. The van der Waals surface area contributed by atoms with E-state index in [1.165, 1.54) is 36.4 Å². The van der Waals surface area contributed by atoms with Crippen molar-refractivity contribution in [3.8, 4) is 0 Å². The van der Waals surface area contributed by atoms with Gasteiger partial charge in [-0.15, -0.1) is 0 Å². The second-order valence-corrected chi connectivity index (χ2v) is 6.13. The second-order valence-electron chi connectivity index (χ2n) is 6.13. The Bertz CT molecular complexity index is 952. The van der Waals surface area contributed by atoms with Crippen molar-refractivity contribution in [1.29, 1.82) is 0 Å². The van der Waals surface area contributed by atoms with Gasteiger partial charge in [0.2, 0.25) is 5.91 Å². The largest absolute Gasteiger partial charge is 0.471 e. The highest BCUT2D eigenvalue weighted by Gasteiger charge is 2.38. The maximum Gasteiger partial charge on any atom is 0.471 e. The van der Waals surface area contributed by atoms with Crippen molar-refractivity contribution in [1.82, 2.24) is 4.90 Å². The zero-order valence-corrected chi connectivity index (χ0v) is 14.7. The van der Waals surface area contributed by atoms with E-state index in [2.05, 4.69) is 5.32 Å². The number of rotatable bonds is 5. The molecule has 3 rings (SSSR count). The molecule has 0 fully saturated rings. The molecule has 0 radical (unpaired) electrons. The number of nitrogens with zero attached hydrogens (tertiary/aromatic N) is 1. The van der Waals surface area contributed by atoms with Crippen molar-refractivity contribution < 1.29 is 32.3 Å². The third-order valence-electron chi connectivity index (χ3n) is 4.12. The number of alkyl halides is 3. The molecule has 0 saturated carbocycles. The Morgan fingerprint density at radius 1 is 0.828 bits per heavy atom. The third kappa shape index (κ3) is 4.42. The van der Waals surface area contributed by atoms with Gasteiger partial charge >= 0.3 is 12.1 Å². The minimum atomic E-state index is -5.00. The topological polar surface area (TPSA) is 95.6 Å². The van der Waals surface area contributed by atoms with Gasteiger partial charge in [-0.2, -0.15) is 13.2 Å². The maximum absolute atomic E-state index is 12.2. The van der Waals surface area contributed by atoms with Crippen LogP contribution in [0.4, 0.5) is 24.5 Å². The van der Waals surface area contributed by atoms with E-state index in [0.29, 0.717) is 0 Å². The first-order valence-corrected chi connectivity index (χ1v) is 8.40. The molecule has 7 nitrogen and oxygen atoms in total. The number of nitrogens with one attached hydrogen (secondary N) is 2. The third-order valence-corrected chi connectivity index (χ3v) is 4.12. The van der Waals surface area contributed by atoms with E-state index in [1.807, 2.05) is 0 Å². The first-order valence-electron chi connectivity index (χ1n) is 8.40. The van der Waals surface area contributed by atoms with Crippen LogP contribution in [0.3, 0.4) is 0 Å². The van der Waals surface area contributed by atoms with Gasteiger partial charge in [0.1, 0.15) is 0 Å². The molecular weight excluding hydrogens is 391 g/mol. The average molecular weight is 405 g/mol. The summed E-state index contributed by atoms with van der Waals surface area (Å²) in [6, 6.07) is 11.4. The molecule has 4 amide bonds. The van der Waals surface area contributed by atoms with E-state index < -0.39 is 29.8 Å². The molecule has 2 aromatic carbocycles. The molecular formula is C19H14F3N3O4. The zero-order valence-electron chi connectivity index (χ0n) is 14.7. The Labute approximate surface area is 162 Å². The van der Waals surface area contributed by atoms with Crippen LogP contribution in [-0.2, 0) is 9.59 Å². The van der Waals surface area contributed by atoms with Crippen LogP contribution in [-0.4, -0.2) is 41.2 Å². The van der Waals surface area contributed by atoms with Gasteiger partial charge in [-0.3, -0.25) is 24.1 Å². The molecule has 0 unspecified atom stereocenters. The summed E-state index contributed by atoms with van der Waals surface area (Å²) < 4.78 is 36.7. The van der Waals surface area contributed by atoms with E-state index in [9.17, 15) is 32.3 Å². The van der Waals surface area contributed by atoms with Crippen molar-refractivity contribution in [2.75, 3.05) is 17.2 Å². The van der Waals surface area contributed by atoms with E-state index in [4.69, 9.17) is 0 Å². The lowest BCUT2D eigenvalue weighted by Crippen LogP contribution is -2.32. The number of fused-ring (bicyclic) bond motifs is 1. The molecule has 0 spiro atoms. The number of halogens is 3. The van der Waals surface area contributed by atoms with Crippen LogP contribution in [0, 0.1) is 0 Å². The summed E-state index contributed by atoms with van der Waals surface area (Å²) in [5, 5.41) is 4.19. The number of carbonyl (C=O) groups excluding carboxylic acids is 4. The summed E-state index contributed by atoms with van der Waals surface area (Å²) in [6.45, 7) is -0.113. The molecule has 0 saturated heterocycles. The van der Waals surface area contributed by atoms with Gasteiger partial charge in [0.25, 0.3) is 11.8 Å². The molecule has 29 heavy (non-hydrogen) atoms. The summed E-state index contributed by atoms with van der Waals surface area (Å²) >= 11 is 0. The lowest BCUT2D eigenvalue weighted by Gasteiger charge is -2.13. The van der Waals surface area contributed by atoms with Crippen molar-refractivity contribution in [2.45, 2.75) is 12.6 Å². The summed E-state index contributed by atoms with van der Waals surface area (Å²) in [4.78, 5) is 48.4. The number of hydrogen-bond acceptors (Lipinski definition) is 4. The molecule has 10 heteroatoms. The fourth-order valence-electron chi connectivity index (χ4n) is 2.72. The van der Waals surface area contributed by atoms with Gasteiger partial charge in [-0.1, -0.05) is 12.1 Å². The van der Waals surface area contributed by atoms with Gasteiger partial charge in [0.15, 0.2) is 0 Å². The highest BCUT2D eigenvalue weighted by molar-refractivity contribution is 6.21. The number of imide groups is 1. The van der Waals surface area contributed by atoms with Crippen molar-refractivity contribution in [2.24, 2.45) is 0 Å². The van der Waals surface area contributed by atoms with Crippen LogP contribution in [0.25, 0.3) is 0 Å². The number of carbonyl (C=O) groups is 4. The van der Waals surface area contributed by atoms with E-state index >= 15 is 0 Å². The van der Waals surface area contributed by atoms with Crippen LogP contribution in [0.2, 0.25) is 0 Å². The summed E-state index contributed by atoms with van der Waals surface area (Å²) in [7, 11) is 0. The highest BCUT2D eigenvalue weighted by atomic mass is 19.4. The van der Waals surface area contributed by atoms with Crippen LogP contribution < -0.4 is 10.6 Å². The molecule has 0 atom stereocenters. The van der Waals surface area contributed by atoms with Gasteiger partial charge < -0.3 is 10.6 Å². The van der Waals surface area contributed by atoms with Crippen LogP contribution in [0.1, 0.15) is 27.1 Å². The normalized spacial score (nSPS) is 13.3. The van der Waals surface area contributed by atoms with E-state index in [-0.39, 0.29) is 35.5 Å². The molecule has 150 valence electrons. The standard InChI is InChI=1S/C19H14F3N3O4/c20-19(21,22)18(29)24-12-7-5-11(6-8-12)23-15(26)9-10-25-16(27)13-3-1-2-4-14(13)17(25)28/h1-8H,9-10H2,(H,23,26)(H,24,29). The van der Waals surface area contributed by atoms with Gasteiger partial charge in [-0.25, -0.2) is 0 Å². The smallest absolute Gasteiger partial charge is 0.326 e. The van der Waals surface area contributed by atoms with Gasteiger partial charge in [0.05, 0.1) is 11.1 Å². The number of benzene rings is 2. The van der Waals surface area contributed by atoms with Crippen molar-refractivity contribution in [3.63, 3.8) is 0 Å². The highest BCUT2D eigenvalue weighted by Crippen LogP contribution is 2.23. The van der Waals surface area contributed by atoms with Crippen molar-refractivity contribution >= 4 is 35.0 Å². The molecule has 0 aliphatic carbocycles. The number of amides is 4. The minimum Gasteiger partial charge on any atom is -0.326 e. The fourth-order valence-corrected chi connectivity index (χ4v) is 2.72. The molecule has 2 N–H and O–H groups in total. The average Bonchev–Trinajstić information content (AvgIpc) is 2.92. The van der Waals surface area contributed by atoms with Crippen LogP contribution in [0.5, 0.6) is 0 Å². The number of anilines is 2. The number of hydrogen-bond donors (Lipinski definition) is 2. The Morgan fingerprint density at radius 3 is 1.79 bits per heavy atom. The molecule has 2 aromatic rings. The Balaban J connectivity index is 1.53. The Morgan fingerprint density at radius 2 is 1.31 bits per heavy atom. The first-order chi connectivity index (χ1) is 13.7. The molecule has 0 aromatic heterocycles. The van der Waals surface area contributed by atoms with Crippen molar-refractivity contribution in [3.05, 3.63) is 59.7 Å². The monoisotopic (exact) mass is 405 g/mol. The molecule has 0 bridgehead atoms. The van der Waals surface area contributed by atoms with Gasteiger partial charge in [0, 0.05) is 24.3 Å². The van der Waals surface area contributed by atoms with E-state index in [1.54, 1.807) is 17.4 Å². The summed E-state index contributed by atoms with van der Waals surface area (Å²) in [6.07, 6.45) is -5.16. The second kappa shape index (κ2) is 7.74. The van der Waals surface area contributed by atoms with Crippen LogP contribution in [0.15, 0.2) is 48.5 Å². The Kier molecular flexibility index (Phi) is 5.35.